The highest BCUT2D eigenvalue weighted by Gasteiger charge is 2.26. The van der Waals surface area contributed by atoms with Gasteiger partial charge in [0.1, 0.15) is 5.01 Å². The van der Waals surface area contributed by atoms with Crippen molar-refractivity contribution in [2.75, 3.05) is 6.54 Å². The van der Waals surface area contributed by atoms with E-state index in [0.717, 1.165) is 12.5 Å². The standard InChI is InChI=1S/C16H20N2S/c1-3-17-11(2)15-10-18-16(19-15)14-7-5-4-6-13(14)12-8-9-12/h4-7,10-12,17H,3,8-9H2,1-2H3. The van der Waals surface area contributed by atoms with E-state index in [0.29, 0.717) is 6.04 Å². The minimum atomic E-state index is 0.393. The molecule has 1 aliphatic rings. The summed E-state index contributed by atoms with van der Waals surface area (Å²) < 4.78 is 0. The van der Waals surface area contributed by atoms with Crippen LogP contribution in [-0.2, 0) is 0 Å². The molecule has 1 heterocycles. The summed E-state index contributed by atoms with van der Waals surface area (Å²) >= 11 is 1.82. The molecule has 1 unspecified atom stereocenters. The van der Waals surface area contributed by atoms with Crippen LogP contribution in [0.25, 0.3) is 10.6 Å². The monoisotopic (exact) mass is 272 g/mol. The molecule has 3 rings (SSSR count). The number of hydrogen-bond donors (Lipinski definition) is 1. The minimum Gasteiger partial charge on any atom is -0.310 e. The summed E-state index contributed by atoms with van der Waals surface area (Å²) in [5.74, 6) is 0.773. The molecule has 0 bridgehead atoms. The van der Waals surface area contributed by atoms with E-state index in [1.54, 1.807) is 0 Å². The zero-order chi connectivity index (χ0) is 13.2. The molecule has 3 heteroatoms. The molecule has 0 aliphatic heterocycles. The Morgan fingerprint density at radius 3 is 2.89 bits per heavy atom. The topological polar surface area (TPSA) is 24.9 Å². The maximum Gasteiger partial charge on any atom is 0.123 e. The Kier molecular flexibility index (Phi) is 3.67. The van der Waals surface area contributed by atoms with Crippen LogP contribution in [0.2, 0.25) is 0 Å². The van der Waals surface area contributed by atoms with Gasteiger partial charge >= 0.3 is 0 Å². The molecule has 1 aromatic carbocycles. The second-order valence-electron chi connectivity index (χ2n) is 5.21. The average Bonchev–Trinajstić information content (AvgIpc) is 3.16. The Morgan fingerprint density at radius 1 is 1.37 bits per heavy atom. The fourth-order valence-corrected chi connectivity index (χ4v) is 3.45. The van der Waals surface area contributed by atoms with Crippen LogP contribution in [0.3, 0.4) is 0 Å². The van der Waals surface area contributed by atoms with Crippen molar-refractivity contribution in [2.45, 2.75) is 38.6 Å². The van der Waals surface area contributed by atoms with Gasteiger partial charge in [-0.2, -0.15) is 0 Å². The van der Waals surface area contributed by atoms with Crippen molar-refractivity contribution in [1.29, 1.82) is 0 Å². The third-order valence-electron chi connectivity index (χ3n) is 3.67. The Labute approximate surface area is 118 Å². The van der Waals surface area contributed by atoms with Gasteiger partial charge in [0, 0.05) is 22.7 Å². The molecule has 1 aliphatic carbocycles. The van der Waals surface area contributed by atoms with E-state index in [9.17, 15) is 0 Å². The van der Waals surface area contributed by atoms with Crippen molar-refractivity contribution < 1.29 is 0 Å². The highest BCUT2D eigenvalue weighted by atomic mass is 32.1. The normalized spacial score (nSPS) is 16.5. The predicted octanol–water partition coefficient (Wildman–Crippen LogP) is 4.36. The molecule has 0 spiro atoms. The Hall–Kier alpha value is -1.19. The van der Waals surface area contributed by atoms with Crippen LogP contribution in [0, 0.1) is 0 Å². The summed E-state index contributed by atoms with van der Waals surface area (Å²) in [4.78, 5) is 5.96. The third-order valence-corrected chi connectivity index (χ3v) is 4.88. The molecular formula is C16H20N2S. The van der Waals surface area contributed by atoms with Crippen LogP contribution in [0.4, 0.5) is 0 Å². The van der Waals surface area contributed by atoms with Crippen molar-refractivity contribution in [3.63, 3.8) is 0 Å². The van der Waals surface area contributed by atoms with Crippen molar-refractivity contribution in [3.05, 3.63) is 40.9 Å². The summed E-state index contributed by atoms with van der Waals surface area (Å²) in [5, 5.41) is 4.62. The van der Waals surface area contributed by atoms with Crippen LogP contribution in [0.5, 0.6) is 0 Å². The van der Waals surface area contributed by atoms with Gasteiger partial charge in [0.05, 0.1) is 0 Å². The highest BCUT2D eigenvalue weighted by Crippen LogP contribution is 2.45. The zero-order valence-corrected chi connectivity index (χ0v) is 12.3. The number of thiazole rings is 1. The molecule has 2 aromatic rings. The number of nitrogens with one attached hydrogen (secondary N) is 1. The fraction of sp³-hybridized carbons (Fsp3) is 0.438. The molecule has 1 fully saturated rings. The van der Waals surface area contributed by atoms with Gasteiger partial charge in [-0.25, -0.2) is 4.98 Å². The van der Waals surface area contributed by atoms with E-state index in [4.69, 9.17) is 0 Å². The molecule has 0 saturated heterocycles. The molecule has 1 N–H and O–H groups in total. The predicted molar refractivity (Wildman–Crippen MR) is 81.6 cm³/mol. The number of nitrogens with zero attached hydrogens (tertiary/aromatic N) is 1. The Bertz CT molecular complexity index is 557. The lowest BCUT2D eigenvalue weighted by atomic mass is 10.0. The Balaban J connectivity index is 1.90. The largest absolute Gasteiger partial charge is 0.310 e. The van der Waals surface area contributed by atoms with Crippen LogP contribution < -0.4 is 5.32 Å². The molecule has 2 nitrogen and oxygen atoms in total. The highest BCUT2D eigenvalue weighted by molar-refractivity contribution is 7.15. The summed E-state index contributed by atoms with van der Waals surface area (Å²) in [5.41, 5.74) is 2.82. The van der Waals surface area contributed by atoms with Crippen molar-refractivity contribution in [3.8, 4) is 10.6 Å². The summed E-state index contributed by atoms with van der Waals surface area (Å²) in [7, 11) is 0. The fourth-order valence-electron chi connectivity index (χ4n) is 2.46. The van der Waals surface area contributed by atoms with Crippen LogP contribution in [-0.4, -0.2) is 11.5 Å². The van der Waals surface area contributed by atoms with Crippen LogP contribution >= 0.6 is 11.3 Å². The summed E-state index contributed by atoms with van der Waals surface area (Å²) in [6.07, 6.45) is 4.70. The first kappa shape index (κ1) is 12.8. The van der Waals surface area contributed by atoms with E-state index in [1.165, 1.54) is 33.9 Å². The number of rotatable bonds is 5. The lowest BCUT2D eigenvalue weighted by Gasteiger charge is -2.08. The van der Waals surface area contributed by atoms with Crippen molar-refractivity contribution >= 4 is 11.3 Å². The first-order chi connectivity index (χ1) is 9.29. The van der Waals surface area contributed by atoms with E-state index in [-0.39, 0.29) is 0 Å². The van der Waals surface area contributed by atoms with Gasteiger partial charge in [-0.05, 0) is 37.8 Å². The van der Waals surface area contributed by atoms with Gasteiger partial charge in [-0.1, -0.05) is 31.2 Å². The van der Waals surface area contributed by atoms with Crippen molar-refractivity contribution in [1.82, 2.24) is 10.3 Å². The van der Waals surface area contributed by atoms with Crippen molar-refractivity contribution in [2.24, 2.45) is 0 Å². The maximum absolute atomic E-state index is 4.64. The van der Waals surface area contributed by atoms with Crippen LogP contribution in [0.15, 0.2) is 30.5 Å². The molecule has 0 amide bonds. The maximum atomic E-state index is 4.64. The molecule has 19 heavy (non-hydrogen) atoms. The number of aromatic nitrogens is 1. The van der Waals surface area contributed by atoms with E-state index in [1.807, 2.05) is 17.5 Å². The SMILES string of the molecule is CCNC(C)c1cnc(-c2ccccc2C2CC2)s1. The van der Waals surface area contributed by atoms with Gasteiger partial charge in [0.25, 0.3) is 0 Å². The molecule has 1 aromatic heterocycles. The lowest BCUT2D eigenvalue weighted by Crippen LogP contribution is -2.16. The van der Waals surface area contributed by atoms with Gasteiger partial charge in [0.2, 0.25) is 0 Å². The van der Waals surface area contributed by atoms with E-state index in [2.05, 4.69) is 48.4 Å². The quantitative estimate of drug-likeness (QED) is 0.875. The van der Waals surface area contributed by atoms with Gasteiger partial charge in [0.15, 0.2) is 0 Å². The second-order valence-corrected chi connectivity index (χ2v) is 6.27. The lowest BCUT2D eigenvalue weighted by molar-refractivity contribution is 0.606. The molecular weight excluding hydrogens is 252 g/mol. The van der Waals surface area contributed by atoms with E-state index >= 15 is 0 Å². The summed E-state index contributed by atoms with van der Waals surface area (Å²) in [6.45, 7) is 5.33. The number of benzene rings is 1. The smallest absolute Gasteiger partial charge is 0.123 e. The third kappa shape index (κ3) is 2.72. The van der Waals surface area contributed by atoms with E-state index < -0.39 is 0 Å². The molecule has 100 valence electrons. The number of hydrogen-bond acceptors (Lipinski definition) is 3. The average molecular weight is 272 g/mol. The molecule has 0 radical (unpaired) electrons. The summed E-state index contributed by atoms with van der Waals surface area (Å²) in [6, 6.07) is 9.14. The van der Waals surface area contributed by atoms with Gasteiger partial charge < -0.3 is 5.32 Å². The van der Waals surface area contributed by atoms with Gasteiger partial charge in [-0.15, -0.1) is 11.3 Å². The Morgan fingerprint density at radius 2 is 2.16 bits per heavy atom. The zero-order valence-electron chi connectivity index (χ0n) is 11.5. The van der Waals surface area contributed by atoms with Gasteiger partial charge in [-0.3, -0.25) is 0 Å². The first-order valence-corrected chi connectivity index (χ1v) is 7.89. The molecule has 1 atom stereocenters. The molecule has 1 saturated carbocycles. The second kappa shape index (κ2) is 5.43. The van der Waals surface area contributed by atoms with Crippen LogP contribution in [0.1, 0.15) is 49.1 Å². The first-order valence-electron chi connectivity index (χ1n) is 7.08. The minimum absolute atomic E-state index is 0.393.